The average Bonchev–Trinajstić information content (AvgIpc) is 2.87. The highest BCUT2D eigenvalue weighted by Gasteiger charge is 2.15. The molecule has 0 radical (unpaired) electrons. The van der Waals surface area contributed by atoms with Gasteiger partial charge < -0.3 is 5.11 Å². The van der Waals surface area contributed by atoms with Crippen LogP contribution in [0.1, 0.15) is 12.6 Å². The van der Waals surface area contributed by atoms with Crippen molar-refractivity contribution >= 4 is 5.97 Å². The number of carbonyl (C=O) groups is 1. The van der Waals surface area contributed by atoms with E-state index in [0.717, 1.165) is 11.4 Å². The molecule has 0 bridgehead atoms. The fourth-order valence-electron chi connectivity index (χ4n) is 2.15. The Hall–Kier alpha value is -2.21. The van der Waals surface area contributed by atoms with Crippen molar-refractivity contribution in [2.45, 2.75) is 13.5 Å². The predicted molar refractivity (Wildman–Crippen MR) is 76.7 cm³/mol. The van der Waals surface area contributed by atoms with Crippen molar-refractivity contribution in [3.8, 4) is 5.69 Å². The minimum Gasteiger partial charge on any atom is -0.481 e. The third kappa shape index (κ3) is 3.88. The Kier molecular flexibility index (Phi) is 4.70. The van der Waals surface area contributed by atoms with E-state index < -0.39 is 11.9 Å². The number of rotatable bonds is 6. The summed E-state index contributed by atoms with van der Waals surface area (Å²) < 4.78 is 14.7. The first-order valence-electron chi connectivity index (χ1n) is 6.67. The second-order valence-electron chi connectivity index (χ2n) is 5.15. The highest BCUT2D eigenvalue weighted by molar-refractivity contribution is 5.69. The van der Waals surface area contributed by atoms with Crippen LogP contribution in [0.25, 0.3) is 5.69 Å². The summed E-state index contributed by atoms with van der Waals surface area (Å²) in [5.41, 5.74) is 1.69. The van der Waals surface area contributed by atoms with Crippen molar-refractivity contribution in [1.82, 2.24) is 14.7 Å². The summed E-state index contributed by atoms with van der Waals surface area (Å²) in [5, 5.41) is 13.2. The first kappa shape index (κ1) is 15.2. The molecule has 0 aliphatic carbocycles. The smallest absolute Gasteiger partial charge is 0.307 e. The second-order valence-corrected chi connectivity index (χ2v) is 5.15. The van der Waals surface area contributed by atoms with Crippen LogP contribution in [0.3, 0.4) is 0 Å². The minimum atomic E-state index is -0.811. The van der Waals surface area contributed by atoms with Crippen LogP contribution < -0.4 is 0 Å². The second kappa shape index (κ2) is 6.49. The Bertz CT molecular complexity index is 610. The topological polar surface area (TPSA) is 58.4 Å². The van der Waals surface area contributed by atoms with E-state index in [1.807, 2.05) is 18.0 Å². The third-order valence-electron chi connectivity index (χ3n) is 3.23. The van der Waals surface area contributed by atoms with Gasteiger partial charge in [0.05, 0.1) is 17.3 Å². The van der Waals surface area contributed by atoms with E-state index >= 15 is 0 Å². The highest BCUT2D eigenvalue weighted by atomic mass is 19.1. The lowest BCUT2D eigenvalue weighted by Gasteiger charge is -2.19. The van der Waals surface area contributed by atoms with E-state index in [9.17, 15) is 9.18 Å². The molecule has 1 atom stereocenters. The van der Waals surface area contributed by atoms with Gasteiger partial charge in [-0.15, -0.1) is 0 Å². The van der Waals surface area contributed by atoms with Gasteiger partial charge in [-0.25, -0.2) is 9.07 Å². The van der Waals surface area contributed by atoms with Crippen molar-refractivity contribution in [1.29, 1.82) is 0 Å². The van der Waals surface area contributed by atoms with Gasteiger partial charge in [0, 0.05) is 19.3 Å². The lowest BCUT2D eigenvalue weighted by Crippen LogP contribution is -2.29. The molecule has 2 rings (SSSR count). The van der Waals surface area contributed by atoms with E-state index in [0.29, 0.717) is 13.1 Å². The van der Waals surface area contributed by atoms with Gasteiger partial charge in [0.2, 0.25) is 0 Å². The largest absolute Gasteiger partial charge is 0.481 e. The molecule has 2 aromatic rings. The van der Waals surface area contributed by atoms with E-state index in [1.165, 1.54) is 12.1 Å². The fraction of sp³-hybridized carbons (Fsp3) is 0.333. The quantitative estimate of drug-likeness (QED) is 0.886. The number of halogens is 1. The molecule has 1 heterocycles. The SMILES string of the molecule is CC(CN(C)Cc1ccnn1-c1ccc(F)cc1)C(=O)O. The summed E-state index contributed by atoms with van der Waals surface area (Å²) >= 11 is 0. The number of nitrogens with zero attached hydrogens (tertiary/aromatic N) is 3. The molecule has 21 heavy (non-hydrogen) atoms. The van der Waals surface area contributed by atoms with Gasteiger partial charge in [0.25, 0.3) is 0 Å². The molecule has 6 heteroatoms. The Morgan fingerprint density at radius 3 is 2.67 bits per heavy atom. The first-order chi connectivity index (χ1) is 9.97. The molecule has 0 aliphatic rings. The monoisotopic (exact) mass is 291 g/mol. The summed E-state index contributed by atoms with van der Waals surface area (Å²) in [7, 11) is 1.86. The van der Waals surface area contributed by atoms with E-state index in [2.05, 4.69) is 5.10 Å². The van der Waals surface area contributed by atoms with Crippen molar-refractivity contribution in [3.63, 3.8) is 0 Å². The van der Waals surface area contributed by atoms with E-state index in [1.54, 1.807) is 29.9 Å². The van der Waals surface area contributed by atoms with Crippen LogP contribution in [0, 0.1) is 11.7 Å². The molecule has 5 nitrogen and oxygen atoms in total. The van der Waals surface area contributed by atoms with Crippen LogP contribution in [-0.4, -0.2) is 39.3 Å². The van der Waals surface area contributed by atoms with Crippen LogP contribution in [0.15, 0.2) is 36.5 Å². The molecular formula is C15H18FN3O2. The number of aliphatic carboxylic acids is 1. The van der Waals surface area contributed by atoms with Crippen LogP contribution in [-0.2, 0) is 11.3 Å². The van der Waals surface area contributed by atoms with Gasteiger partial charge >= 0.3 is 5.97 Å². The third-order valence-corrected chi connectivity index (χ3v) is 3.23. The highest BCUT2D eigenvalue weighted by Crippen LogP contribution is 2.13. The minimum absolute atomic E-state index is 0.292. The van der Waals surface area contributed by atoms with Crippen LogP contribution in [0.2, 0.25) is 0 Å². The lowest BCUT2D eigenvalue weighted by atomic mass is 10.2. The number of hydrogen-bond acceptors (Lipinski definition) is 3. The van der Waals surface area contributed by atoms with Gasteiger partial charge in [0.1, 0.15) is 5.82 Å². The Labute approximate surface area is 122 Å². The Morgan fingerprint density at radius 2 is 2.05 bits per heavy atom. The molecule has 0 aliphatic heterocycles. The van der Waals surface area contributed by atoms with E-state index in [-0.39, 0.29) is 5.82 Å². The molecule has 1 aromatic carbocycles. The molecule has 0 saturated carbocycles. The Morgan fingerprint density at radius 1 is 1.38 bits per heavy atom. The van der Waals surface area contributed by atoms with Gasteiger partial charge in [-0.2, -0.15) is 5.10 Å². The maximum absolute atomic E-state index is 13.0. The fourth-order valence-corrected chi connectivity index (χ4v) is 2.15. The zero-order chi connectivity index (χ0) is 15.4. The summed E-state index contributed by atoms with van der Waals surface area (Å²) in [6, 6.07) is 7.96. The zero-order valence-corrected chi connectivity index (χ0v) is 12.0. The number of aromatic nitrogens is 2. The average molecular weight is 291 g/mol. The van der Waals surface area contributed by atoms with Gasteiger partial charge in [-0.3, -0.25) is 9.69 Å². The van der Waals surface area contributed by atoms with Crippen LogP contribution in [0.4, 0.5) is 4.39 Å². The molecule has 1 aromatic heterocycles. The molecule has 0 saturated heterocycles. The van der Waals surface area contributed by atoms with Gasteiger partial charge in [0.15, 0.2) is 0 Å². The molecule has 112 valence electrons. The van der Waals surface area contributed by atoms with Crippen molar-refractivity contribution in [3.05, 3.63) is 48.0 Å². The van der Waals surface area contributed by atoms with Crippen molar-refractivity contribution in [2.75, 3.05) is 13.6 Å². The molecule has 1 unspecified atom stereocenters. The summed E-state index contributed by atoms with van der Waals surface area (Å²) in [4.78, 5) is 12.8. The molecule has 0 amide bonds. The maximum atomic E-state index is 13.0. The van der Waals surface area contributed by atoms with Crippen molar-refractivity contribution in [2.24, 2.45) is 5.92 Å². The summed E-state index contributed by atoms with van der Waals surface area (Å²) in [6.07, 6.45) is 1.67. The van der Waals surface area contributed by atoms with E-state index in [4.69, 9.17) is 5.11 Å². The number of carboxylic acid groups (broad SMARTS) is 1. The molecule has 0 fully saturated rings. The summed E-state index contributed by atoms with van der Waals surface area (Å²) in [5.74, 6) is -1.54. The van der Waals surface area contributed by atoms with Gasteiger partial charge in [-0.05, 0) is 37.4 Å². The zero-order valence-electron chi connectivity index (χ0n) is 12.0. The van der Waals surface area contributed by atoms with Gasteiger partial charge in [-0.1, -0.05) is 6.92 Å². The maximum Gasteiger partial charge on any atom is 0.307 e. The normalized spacial score (nSPS) is 12.6. The predicted octanol–water partition coefficient (Wildman–Crippen LogP) is 2.16. The summed E-state index contributed by atoms with van der Waals surface area (Å²) in [6.45, 7) is 2.69. The number of benzene rings is 1. The first-order valence-corrected chi connectivity index (χ1v) is 6.67. The number of carboxylic acids is 1. The number of hydrogen-bond donors (Lipinski definition) is 1. The van der Waals surface area contributed by atoms with Crippen LogP contribution >= 0.6 is 0 Å². The van der Waals surface area contributed by atoms with Crippen LogP contribution in [0.5, 0.6) is 0 Å². The van der Waals surface area contributed by atoms with Crippen molar-refractivity contribution < 1.29 is 14.3 Å². The molecule has 0 spiro atoms. The lowest BCUT2D eigenvalue weighted by molar-refractivity contribution is -0.141. The standard InChI is InChI=1S/C15H18FN3O2/c1-11(15(20)21)9-18(2)10-14-7-8-17-19(14)13-5-3-12(16)4-6-13/h3-8,11H,9-10H2,1-2H3,(H,20,21). The Balaban J connectivity index is 2.10. The molecular weight excluding hydrogens is 273 g/mol. The molecule has 1 N–H and O–H groups in total.